The van der Waals surface area contributed by atoms with Gasteiger partial charge < -0.3 is 18.9 Å². The molecule has 2 aromatic rings. The molecule has 2 atom stereocenters. The van der Waals surface area contributed by atoms with Crippen molar-refractivity contribution in [2.75, 3.05) is 32.8 Å². The Hall–Kier alpha value is -4.62. The largest absolute Gasteiger partial charge is 0.493 e. The maximum absolute atomic E-state index is 13.0. The molecule has 0 aromatic heterocycles. The minimum Gasteiger partial charge on any atom is -0.493 e. The van der Waals surface area contributed by atoms with Gasteiger partial charge in [-0.05, 0) is 32.4 Å². The van der Waals surface area contributed by atoms with Gasteiger partial charge in [-0.2, -0.15) is 0 Å². The summed E-state index contributed by atoms with van der Waals surface area (Å²) >= 11 is 0. The van der Waals surface area contributed by atoms with Gasteiger partial charge >= 0.3 is 12.2 Å². The van der Waals surface area contributed by atoms with E-state index in [4.69, 9.17) is 18.9 Å². The molecule has 1 heterocycles. The number of ether oxygens (including phenoxy) is 4. The van der Waals surface area contributed by atoms with Gasteiger partial charge in [-0.15, -0.1) is 0 Å². The summed E-state index contributed by atoms with van der Waals surface area (Å²) in [6, 6.07) is 5.23. The maximum Gasteiger partial charge on any atom is 0.414 e. The highest BCUT2D eigenvalue weighted by molar-refractivity contribution is 5.91. The Morgan fingerprint density at radius 2 is 1.71 bits per heavy atom. The van der Waals surface area contributed by atoms with E-state index >= 15 is 0 Å². The van der Waals surface area contributed by atoms with E-state index in [1.54, 1.807) is 26.0 Å². The third-order valence-corrected chi connectivity index (χ3v) is 6.22. The lowest BCUT2D eigenvalue weighted by Crippen LogP contribution is -2.47. The number of fused-ring (bicyclic) bond motifs is 1. The summed E-state index contributed by atoms with van der Waals surface area (Å²) in [6.45, 7) is 3.30. The number of nitro benzene ring substituents is 2. The van der Waals surface area contributed by atoms with Gasteiger partial charge in [0.15, 0.2) is 11.5 Å². The standard InChI is InChI=1S/C24H28N4O10/c1-6-38-24(30)26-14(2)9-19(17-11-21(35-3)22(36-4)12-20(17)26)25(23(29)37-5)13-15-7-8-16(27(31)32)10-18(15)28(33)34/h7-8,10-12,14,19H,6,9,13H2,1-5H3/t14-,19+/m0/s1. The van der Waals surface area contributed by atoms with Crippen LogP contribution in [-0.2, 0) is 16.0 Å². The van der Waals surface area contributed by atoms with Crippen molar-refractivity contribution >= 4 is 29.2 Å². The number of rotatable bonds is 8. The second kappa shape index (κ2) is 11.6. The molecule has 0 bridgehead atoms. The summed E-state index contributed by atoms with van der Waals surface area (Å²) in [4.78, 5) is 50.1. The number of non-ortho nitro benzene ring substituents is 1. The normalized spacial score (nSPS) is 16.2. The van der Waals surface area contributed by atoms with Crippen molar-refractivity contribution in [1.82, 2.24) is 4.90 Å². The van der Waals surface area contributed by atoms with Crippen LogP contribution in [0.15, 0.2) is 30.3 Å². The van der Waals surface area contributed by atoms with Crippen LogP contribution in [0, 0.1) is 20.2 Å². The van der Waals surface area contributed by atoms with Crippen LogP contribution in [-0.4, -0.2) is 60.9 Å². The quantitative estimate of drug-likeness (QED) is 0.347. The van der Waals surface area contributed by atoms with Crippen molar-refractivity contribution in [2.24, 2.45) is 0 Å². The first kappa shape index (κ1) is 28.0. The van der Waals surface area contributed by atoms with Gasteiger partial charge in [-0.3, -0.25) is 30.0 Å². The summed E-state index contributed by atoms with van der Waals surface area (Å²) in [5.74, 6) is 0.671. The number of nitrogens with zero attached hydrogens (tertiary/aromatic N) is 4. The number of carbonyl (C=O) groups excluding carboxylic acids is 2. The SMILES string of the molecule is CCOC(=O)N1c2cc(OC)c(OC)cc2[C@H](N(Cc2ccc([N+](=O)[O-])cc2[N+](=O)[O-])C(=O)OC)C[C@@H]1C. The maximum atomic E-state index is 13.0. The highest BCUT2D eigenvalue weighted by atomic mass is 16.6. The molecule has 14 heteroatoms. The first-order valence-corrected chi connectivity index (χ1v) is 11.6. The van der Waals surface area contributed by atoms with Crippen molar-refractivity contribution in [1.29, 1.82) is 0 Å². The second-order valence-corrected chi connectivity index (χ2v) is 8.36. The van der Waals surface area contributed by atoms with Gasteiger partial charge in [0.05, 0.1) is 62.1 Å². The highest BCUT2D eigenvalue weighted by Crippen LogP contribution is 2.46. The first-order valence-electron chi connectivity index (χ1n) is 11.6. The van der Waals surface area contributed by atoms with Crippen molar-refractivity contribution in [2.45, 2.75) is 38.9 Å². The fraction of sp³-hybridized carbons (Fsp3) is 0.417. The molecule has 38 heavy (non-hydrogen) atoms. The number of benzene rings is 2. The molecule has 0 aliphatic carbocycles. The average Bonchev–Trinajstić information content (AvgIpc) is 2.89. The molecule has 0 saturated heterocycles. The van der Waals surface area contributed by atoms with Crippen molar-refractivity contribution in [3.05, 3.63) is 61.7 Å². The monoisotopic (exact) mass is 532 g/mol. The molecule has 0 N–H and O–H groups in total. The lowest BCUT2D eigenvalue weighted by Gasteiger charge is -2.42. The van der Waals surface area contributed by atoms with Crippen LogP contribution in [0.3, 0.4) is 0 Å². The molecule has 0 unspecified atom stereocenters. The first-order chi connectivity index (χ1) is 18.1. The minimum atomic E-state index is -0.792. The van der Waals surface area contributed by atoms with Gasteiger partial charge in [0, 0.05) is 29.3 Å². The van der Waals surface area contributed by atoms with E-state index in [2.05, 4.69) is 0 Å². The van der Waals surface area contributed by atoms with Gasteiger partial charge in [0.25, 0.3) is 11.4 Å². The highest BCUT2D eigenvalue weighted by Gasteiger charge is 2.41. The molecule has 0 spiro atoms. The third-order valence-electron chi connectivity index (χ3n) is 6.22. The van der Waals surface area contributed by atoms with E-state index in [0.29, 0.717) is 22.7 Å². The minimum absolute atomic E-state index is 0.0634. The van der Waals surface area contributed by atoms with E-state index < -0.39 is 45.5 Å². The smallest absolute Gasteiger partial charge is 0.414 e. The molecule has 1 aliphatic heterocycles. The zero-order chi connectivity index (χ0) is 28.1. The van der Waals surface area contributed by atoms with E-state index in [0.717, 1.165) is 12.1 Å². The van der Waals surface area contributed by atoms with Crippen LogP contribution in [0.5, 0.6) is 11.5 Å². The molecule has 14 nitrogen and oxygen atoms in total. The third kappa shape index (κ3) is 5.38. The van der Waals surface area contributed by atoms with Gasteiger partial charge in [-0.25, -0.2) is 9.59 Å². The summed E-state index contributed by atoms with van der Waals surface area (Å²) in [7, 11) is 4.05. The molecular weight excluding hydrogens is 504 g/mol. The van der Waals surface area contributed by atoms with Crippen LogP contribution < -0.4 is 14.4 Å². The predicted octanol–water partition coefficient (Wildman–Crippen LogP) is 4.59. The van der Waals surface area contributed by atoms with Gasteiger partial charge in [0.2, 0.25) is 0 Å². The van der Waals surface area contributed by atoms with E-state index in [1.807, 2.05) is 0 Å². The zero-order valence-corrected chi connectivity index (χ0v) is 21.5. The lowest BCUT2D eigenvalue weighted by atomic mass is 9.90. The second-order valence-electron chi connectivity index (χ2n) is 8.36. The number of carbonyl (C=O) groups is 2. The Labute approximate surface area is 217 Å². The van der Waals surface area contributed by atoms with Crippen molar-refractivity contribution in [3.63, 3.8) is 0 Å². The van der Waals surface area contributed by atoms with E-state index in [9.17, 15) is 29.8 Å². The number of nitro groups is 2. The average molecular weight is 533 g/mol. The summed E-state index contributed by atoms with van der Waals surface area (Å²) in [5, 5.41) is 22.9. The van der Waals surface area contributed by atoms with Crippen LogP contribution in [0.1, 0.15) is 37.4 Å². The Balaban J connectivity index is 2.19. The van der Waals surface area contributed by atoms with Crippen LogP contribution in [0.25, 0.3) is 0 Å². The molecule has 0 fully saturated rings. The van der Waals surface area contributed by atoms with Crippen LogP contribution in [0.4, 0.5) is 26.7 Å². The fourth-order valence-corrected chi connectivity index (χ4v) is 4.49. The molecule has 0 radical (unpaired) electrons. The van der Waals surface area contributed by atoms with Gasteiger partial charge in [-0.1, -0.05) is 0 Å². The number of amides is 2. The molecule has 2 amide bonds. The van der Waals surface area contributed by atoms with Crippen LogP contribution >= 0.6 is 0 Å². The van der Waals surface area contributed by atoms with Crippen molar-refractivity contribution < 1.29 is 38.4 Å². The molecule has 204 valence electrons. The predicted molar refractivity (Wildman–Crippen MR) is 134 cm³/mol. The lowest BCUT2D eigenvalue weighted by molar-refractivity contribution is -0.394. The zero-order valence-electron chi connectivity index (χ0n) is 21.5. The Morgan fingerprint density at radius 1 is 1.05 bits per heavy atom. The number of methoxy groups -OCH3 is 3. The van der Waals surface area contributed by atoms with Gasteiger partial charge in [0.1, 0.15) is 0 Å². The number of anilines is 1. The Bertz CT molecular complexity index is 1250. The summed E-state index contributed by atoms with van der Waals surface area (Å²) in [5.41, 5.74) is -0.0181. The molecule has 0 saturated carbocycles. The van der Waals surface area contributed by atoms with E-state index in [1.165, 1.54) is 37.2 Å². The fourth-order valence-electron chi connectivity index (χ4n) is 4.49. The summed E-state index contributed by atoms with van der Waals surface area (Å²) in [6.07, 6.45) is -1.17. The molecule has 1 aliphatic rings. The van der Waals surface area contributed by atoms with Crippen molar-refractivity contribution in [3.8, 4) is 11.5 Å². The molecule has 2 aromatic carbocycles. The number of hydrogen-bond donors (Lipinski definition) is 0. The topological polar surface area (TPSA) is 164 Å². The van der Waals surface area contributed by atoms with Crippen LogP contribution in [0.2, 0.25) is 0 Å². The Kier molecular flexibility index (Phi) is 8.55. The molecule has 3 rings (SSSR count). The number of hydrogen-bond acceptors (Lipinski definition) is 10. The Morgan fingerprint density at radius 3 is 2.26 bits per heavy atom. The molecular formula is C24H28N4O10. The van der Waals surface area contributed by atoms with E-state index in [-0.39, 0.29) is 25.1 Å². The summed E-state index contributed by atoms with van der Waals surface area (Å²) < 4.78 is 21.1.